The zero-order valence-corrected chi connectivity index (χ0v) is 12.1. The van der Waals surface area contributed by atoms with Gasteiger partial charge in [-0.05, 0) is 17.7 Å². The van der Waals surface area contributed by atoms with Gasteiger partial charge in [0, 0.05) is 12.1 Å². The highest BCUT2D eigenvalue weighted by atomic mass is 16.5. The number of phenols is 3. The van der Waals surface area contributed by atoms with Crippen LogP contribution in [0, 0.1) is 0 Å². The van der Waals surface area contributed by atoms with Crippen molar-refractivity contribution >= 4 is 5.78 Å². The Labute approximate surface area is 131 Å². The van der Waals surface area contributed by atoms with Gasteiger partial charge >= 0.3 is 0 Å². The van der Waals surface area contributed by atoms with Crippen LogP contribution in [0.3, 0.4) is 0 Å². The molecule has 2 aromatic rings. The number of carbonyl (C=O) groups is 1. The molecule has 0 bridgehead atoms. The highest BCUT2D eigenvalue weighted by Gasteiger charge is 2.46. The molecule has 4 N–H and O–H groups in total. The van der Waals surface area contributed by atoms with Gasteiger partial charge in [-0.3, -0.25) is 4.79 Å². The number of hydrogen-bond donors (Lipinski definition) is 4. The standard InChI is InChI=1S/C16H14O7/c1-22-12-3-2-8(4-10(12)18)16(21)7-23-13-6-9(17)5-11(19)14(13)15(16)20/h2-6,17-19,21H,7H2,1H3. The van der Waals surface area contributed by atoms with Gasteiger partial charge in [0.05, 0.1) is 7.11 Å². The molecule has 0 aromatic heterocycles. The van der Waals surface area contributed by atoms with Crippen molar-refractivity contribution in [3.8, 4) is 28.7 Å². The third kappa shape index (κ3) is 2.22. The quantitative estimate of drug-likeness (QED) is 0.659. The summed E-state index contributed by atoms with van der Waals surface area (Å²) in [7, 11) is 1.37. The Morgan fingerprint density at radius 3 is 2.52 bits per heavy atom. The van der Waals surface area contributed by atoms with Gasteiger partial charge in [0.15, 0.2) is 17.1 Å². The van der Waals surface area contributed by atoms with Crippen molar-refractivity contribution in [2.45, 2.75) is 5.60 Å². The van der Waals surface area contributed by atoms with Gasteiger partial charge in [-0.25, -0.2) is 0 Å². The molecule has 7 nitrogen and oxygen atoms in total. The highest BCUT2D eigenvalue weighted by Crippen LogP contribution is 2.43. The fraction of sp³-hybridized carbons (Fsp3) is 0.188. The topological polar surface area (TPSA) is 116 Å². The first-order valence-corrected chi connectivity index (χ1v) is 6.70. The second-order valence-corrected chi connectivity index (χ2v) is 5.20. The molecule has 0 fully saturated rings. The first kappa shape index (κ1) is 15.0. The monoisotopic (exact) mass is 318 g/mol. The van der Waals surface area contributed by atoms with Crippen LogP contribution >= 0.6 is 0 Å². The third-order valence-electron chi connectivity index (χ3n) is 3.76. The summed E-state index contributed by atoms with van der Waals surface area (Å²) in [4.78, 5) is 12.7. The Morgan fingerprint density at radius 1 is 1.13 bits per heavy atom. The van der Waals surface area contributed by atoms with Crippen LogP contribution in [-0.4, -0.2) is 39.9 Å². The van der Waals surface area contributed by atoms with Crippen LogP contribution in [0.4, 0.5) is 0 Å². The lowest BCUT2D eigenvalue weighted by atomic mass is 9.84. The van der Waals surface area contributed by atoms with Crippen LogP contribution in [0.1, 0.15) is 15.9 Å². The summed E-state index contributed by atoms with van der Waals surface area (Å²) >= 11 is 0. The molecule has 0 radical (unpaired) electrons. The Hall–Kier alpha value is -2.93. The number of ether oxygens (including phenoxy) is 2. The molecule has 23 heavy (non-hydrogen) atoms. The van der Waals surface area contributed by atoms with E-state index >= 15 is 0 Å². The Morgan fingerprint density at radius 2 is 1.87 bits per heavy atom. The number of ketones is 1. The summed E-state index contributed by atoms with van der Waals surface area (Å²) in [5, 5.41) is 39.9. The van der Waals surface area contributed by atoms with E-state index in [9.17, 15) is 25.2 Å². The summed E-state index contributed by atoms with van der Waals surface area (Å²) in [6.45, 7) is -0.423. The average Bonchev–Trinajstić information content (AvgIpc) is 2.50. The van der Waals surface area contributed by atoms with Crippen molar-refractivity contribution in [1.29, 1.82) is 0 Å². The minimum Gasteiger partial charge on any atom is -0.508 e. The van der Waals surface area contributed by atoms with Crippen LogP contribution in [-0.2, 0) is 5.60 Å². The number of rotatable bonds is 2. The van der Waals surface area contributed by atoms with E-state index in [0.717, 1.165) is 6.07 Å². The fourth-order valence-electron chi connectivity index (χ4n) is 2.54. The maximum Gasteiger partial charge on any atom is 0.209 e. The van der Waals surface area contributed by atoms with Crippen LogP contribution in [0.15, 0.2) is 30.3 Å². The predicted octanol–water partition coefficient (Wildman–Crippen LogP) is 1.27. The molecule has 1 aliphatic rings. The Bertz CT molecular complexity index is 799. The Balaban J connectivity index is 2.10. The SMILES string of the molecule is COc1ccc(C2(O)COc3cc(O)cc(O)c3C2=O)cc1O. The molecule has 0 spiro atoms. The second-order valence-electron chi connectivity index (χ2n) is 5.20. The average molecular weight is 318 g/mol. The molecule has 3 rings (SSSR count). The molecule has 0 aliphatic carbocycles. The fourth-order valence-corrected chi connectivity index (χ4v) is 2.54. The zero-order valence-electron chi connectivity index (χ0n) is 12.1. The van der Waals surface area contributed by atoms with Crippen molar-refractivity contribution in [2.24, 2.45) is 0 Å². The molecule has 1 unspecified atom stereocenters. The van der Waals surface area contributed by atoms with Crippen molar-refractivity contribution in [3.05, 3.63) is 41.5 Å². The number of aliphatic hydroxyl groups is 1. The molecule has 0 saturated heterocycles. The van der Waals surface area contributed by atoms with Crippen LogP contribution < -0.4 is 9.47 Å². The number of hydrogen-bond acceptors (Lipinski definition) is 7. The zero-order chi connectivity index (χ0) is 16.8. The van der Waals surface area contributed by atoms with E-state index in [0.29, 0.717) is 0 Å². The Kier molecular flexibility index (Phi) is 3.30. The molecule has 2 aromatic carbocycles. The smallest absolute Gasteiger partial charge is 0.209 e. The van der Waals surface area contributed by atoms with E-state index in [-0.39, 0.29) is 34.1 Å². The van der Waals surface area contributed by atoms with Crippen molar-refractivity contribution < 1.29 is 34.7 Å². The number of fused-ring (bicyclic) bond motifs is 1. The maximum absolute atomic E-state index is 12.7. The summed E-state index contributed by atoms with van der Waals surface area (Å²) in [6, 6.07) is 6.18. The van der Waals surface area contributed by atoms with Crippen molar-refractivity contribution in [2.75, 3.05) is 13.7 Å². The van der Waals surface area contributed by atoms with Gasteiger partial charge in [0.25, 0.3) is 0 Å². The van der Waals surface area contributed by atoms with Crippen molar-refractivity contribution in [3.63, 3.8) is 0 Å². The van der Waals surface area contributed by atoms with Gasteiger partial charge in [0.2, 0.25) is 5.78 Å². The summed E-state index contributed by atoms with van der Waals surface area (Å²) in [5.74, 6) is -1.63. The number of carbonyl (C=O) groups excluding carboxylic acids is 1. The number of phenolic OH excluding ortho intramolecular Hbond substituents is 3. The molecular formula is C16H14O7. The van der Waals surface area contributed by atoms with Gasteiger partial charge in [0.1, 0.15) is 29.4 Å². The highest BCUT2D eigenvalue weighted by molar-refractivity contribution is 6.08. The number of methoxy groups -OCH3 is 1. The molecule has 1 atom stereocenters. The summed E-state index contributed by atoms with van der Waals surface area (Å²) < 4.78 is 10.2. The van der Waals surface area contributed by atoms with E-state index in [1.54, 1.807) is 0 Å². The first-order valence-electron chi connectivity index (χ1n) is 6.70. The molecular weight excluding hydrogens is 304 g/mol. The lowest BCUT2D eigenvalue weighted by Crippen LogP contribution is -2.44. The molecule has 1 heterocycles. The maximum atomic E-state index is 12.7. The summed E-state index contributed by atoms with van der Waals surface area (Å²) in [6.07, 6.45) is 0. The largest absolute Gasteiger partial charge is 0.508 e. The lowest BCUT2D eigenvalue weighted by Gasteiger charge is -2.32. The third-order valence-corrected chi connectivity index (χ3v) is 3.76. The van der Waals surface area contributed by atoms with Gasteiger partial charge in [-0.2, -0.15) is 0 Å². The number of aromatic hydroxyl groups is 3. The predicted molar refractivity (Wildman–Crippen MR) is 78.2 cm³/mol. The van der Waals surface area contributed by atoms with E-state index < -0.39 is 23.7 Å². The number of Topliss-reactive ketones (excluding diaryl/α,β-unsaturated/α-hetero) is 1. The molecule has 1 aliphatic heterocycles. The molecule has 120 valence electrons. The normalized spacial score (nSPS) is 19.8. The minimum absolute atomic E-state index is 0.0186. The van der Waals surface area contributed by atoms with Gasteiger partial charge in [-0.1, -0.05) is 6.07 Å². The van der Waals surface area contributed by atoms with Crippen LogP contribution in [0.5, 0.6) is 28.7 Å². The summed E-state index contributed by atoms with van der Waals surface area (Å²) in [5.41, 5.74) is -2.21. The van der Waals surface area contributed by atoms with E-state index in [1.165, 1.54) is 31.4 Å². The lowest BCUT2D eigenvalue weighted by molar-refractivity contribution is -0.00562. The van der Waals surface area contributed by atoms with E-state index in [2.05, 4.69) is 0 Å². The molecule has 0 saturated carbocycles. The van der Waals surface area contributed by atoms with E-state index in [1.807, 2.05) is 0 Å². The van der Waals surface area contributed by atoms with Gasteiger partial charge < -0.3 is 29.9 Å². The first-order chi connectivity index (χ1) is 10.9. The number of benzene rings is 2. The minimum atomic E-state index is -2.08. The molecule has 7 heteroatoms. The van der Waals surface area contributed by atoms with E-state index in [4.69, 9.17) is 9.47 Å². The van der Waals surface area contributed by atoms with Gasteiger partial charge in [-0.15, -0.1) is 0 Å². The van der Waals surface area contributed by atoms with Crippen LogP contribution in [0.25, 0.3) is 0 Å². The second kappa shape index (κ2) is 5.06. The molecule has 0 amide bonds. The van der Waals surface area contributed by atoms with Crippen molar-refractivity contribution in [1.82, 2.24) is 0 Å². The van der Waals surface area contributed by atoms with Crippen LogP contribution in [0.2, 0.25) is 0 Å².